The highest BCUT2D eigenvalue weighted by atomic mass is 127. The molecule has 1 aromatic carbocycles. The van der Waals surface area contributed by atoms with Gasteiger partial charge < -0.3 is 22.9 Å². The highest BCUT2D eigenvalue weighted by Crippen LogP contribution is 2.36. The molecule has 9 nitrogen and oxygen atoms in total. The van der Waals surface area contributed by atoms with Crippen LogP contribution in [0, 0.1) is 5.92 Å². The summed E-state index contributed by atoms with van der Waals surface area (Å²) in [6.45, 7) is 1.43. The van der Waals surface area contributed by atoms with Gasteiger partial charge in [-0.3, -0.25) is 0 Å². The lowest BCUT2D eigenvalue weighted by atomic mass is 10.1. The summed E-state index contributed by atoms with van der Waals surface area (Å²) in [6, 6.07) is 11.3. The number of furan rings is 1. The summed E-state index contributed by atoms with van der Waals surface area (Å²) in [7, 11) is 1.66. The van der Waals surface area contributed by atoms with Gasteiger partial charge in [-0.2, -0.15) is 9.50 Å². The third kappa shape index (κ3) is 3.99. The molecule has 0 unspecified atom stereocenters. The Morgan fingerprint density at radius 2 is 2.06 bits per heavy atom. The smallest absolute Gasteiger partial charge is 0.225 e. The topological polar surface area (TPSA) is 104 Å². The van der Waals surface area contributed by atoms with Crippen LogP contribution in [-0.2, 0) is 6.54 Å². The van der Waals surface area contributed by atoms with Crippen LogP contribution in [0.1, 0.15) is 18.4 Å². The molecule has 0 spiro atoms. The van der Waals surface area contributed by atoms with Crippen molar-refractivity contribution in [1.82, 2.24) is 19.6 Å². The Kier molecular flexibility index (Phi) is 5.30. The molecule has 0 amide bonds. The standard InChI is InChI=1S/C21H21IN6O3/c1-29-15-4-2-5-16(31-22)14(15)12-27(11-13-7-8-13)18-10-19-24-20(17-6-3-9-30-17)26-28(19)21(23)25-18/h2-6,9-10,13H,7-8,11-12H2,1H3,(H2,23,25). The number of hydrogen-bond acceptors (Lipinski definition) is 8. The number of halogens is 1. The van der Waals surface area contributed by atoms with E-state index in [0.717, 1.165) is 29.4 Å². The van der Waals surface area contributed by atoms with Gasteiger partial charge in [-0.1, -0.05) is 6.07 Å². The van der Waals surface area contributed by atoms with E-state index in [2.05, 4.69) is 20.0 Å². The summed E-state index contributed by atoms with van der Waals surface area (Å²) in [4.78, 5) is 11.4. The van der Waals surface area contributed by atoms with Crippen LogP contribution in [0.5, 0.6) is 11.5 Å². The fourth-order valence-corrected chi connectivity index (χ4v) is 3.99. The molecular formula is C21H21IN6O3. The Balaban J connectivity index is 1.55. The Hall–Kier alpha value is -3.02. The summed E-state index contributed by atoms with van der Waals surface area (Å²) >= 11 is 1.90. The first-order valence-electron chi connectivity index (χ1n) is 9.93. The van der Waals surface area contributed by atoms with E-state index in [1.807, 2.05) is 53.3 Å². The Labute approximate surface area is 192 Å². The number of hydrogen-bond donors (Lipinski definition) is 1. The predicted octanol–water partition coefficient (Wildman–Crippen LogP) is 4.12. The molecule has 3 aromatic heterocycles. The molecular weight excluding hydrogens is 511 g/mol. The first-order chi connectivity index (χ1) is 15.2. The van der Waals surface area contributed by atoms with Crippen molar-refractivity contribution in [3.05, 3.63) is 48.2 Å². The van der Waals surface area contributed by atoms with Gasteiger partial charge in [0.25, 0.3) is 0 Å². The fraction of sp³-hybridized carbons (Fsp3) is 0.286. The van der Waals surface area contributed by atoms with E-state index in [0.29, 0.717) is 29.7 Å². The molecule has 2 N–H and O–H groups in total. The monoisotopic (exact) mass is 532 g/mol. The normalized spacial score (nSPS) is 13.5. The number of benzene rings is 1. The largest absolute Gasteiger partial charge is 0.496 e. The van der Waals surface area contributed by atoms with E-state index in [-0.39, 0.29) is 5.95 Å². The number of nitrogens with two attached hydrogens (primary N) is 1. The molecule has 1 fully saturated rings. The van der Waals surface area contributed by atoms with Crippen LogP contribution in [0.25, 0.3) is 17.2 Å². The molecule has 1 aliphatic rings. The van der Waals surface area contributed by atoms with Crippen molar-refractivity contribution in [1.29, 1.82) is 0 Å². The molecule has 1 aliphatic carbocycles. The lowest BCUT2D eigenvalue weighted by Gasteiger charge is -2.25. The third-order valence-electron chi connectivity index (χ3n) is 5.32. The SMILES string of the molecule is COc1cccc(OI)c1CN(CC1CC1)c1cc2nc(-c3ccco3)nn2c(N)n1. The van der Waals surface area contributed by atoms with Crippen LogP contribution in [0.4, 0.5) is 11.8 Å². The fourth-order valence-electron chi connectivity index (χ4n) is 3.58. The zero-order valence-corrected chi connectivity index (χ0v) is 19.0. The number of ether oxygens (including phenoxy) is 1. The average molecular weight is 532 g/mol. The van der Waals surface area contributed by atoms with Crippen LogP contribution < -0.4 is 18.4 Å². The zero-order chi connectivity index (χ0) is 21.4. The van der Waals surface area contributed by atoms with Crippen LogP contribution >= 0.6 is 23.0 Å². The number of methoxy groups -OCH3 is 1. The van der Waals surface area contributed by atoms with Gasteiger partial charge in [0.2, 0.25) is 11.8 Å². The molecule has 1 saturated carbocycles. The summed E-state index contributed by atoms with van der Waals surface area (Å²) in [5.41, 5.74) is 7.82. The Bertz CT molecular complexity index is 1180. The van der Waals surface area contributed by atoms with E-state index >= 15 is 0 Å². The van der Waals surface area contributed by atoms with Crippen molar-refractivity contribution >= 4 is 40.4 Å². The minimum Gasteiger partial charge on any atom is -0.496 e. The van der Waals surface area contributed by atoms with Crippen LogP contribution in [-0.4, -0.2) is 33.2 Å². The second kappa shape index (κ2) is 8.25. The second-order valence-corrected chi connectivity index (χ2v) is 7.93. The second-order valence-electron chi connectivity index (χ2n) is 7.49. The molecule has 0 saturated heterocycles. The van der Waals surface area contributed by atoms with Gasteiger partial charge in [0, 0.05) is 12.6 Å². The molecule has 0 radical (unpaired) electrons. The van der Waals surface area contributed by atoms with Crippen molar-refractivity contribution < 1.29 is 12.2 Å². The maximum absolute atomic E-state index is 6.26. The van der Waals surface area contributed by atoms with Gasteiger partial charge >= 0.3 is 0 Å². The molecule has 5 rings (SSSR count). The average Bonchev–Trinajstić information content (AvgIpc) is 3.25. The number of anilines is 2. The van der Waals surface area contributed by atoms with E-state index < -0.39 is 0 Å². The number of fused-ring (bicyclic) bond motifs is 1. The highest BCUT2D eigenvalue weighted by molar-refractivity contribution is 14.1. The lowest BCUT2D eigenvalue weighted by molar-refractivity contribution is 0.407. The van der Waals surface area contributed by atoms with Crippen LogP contribution in [0.3, 0.4) is 0 Å². The maximum atomic E-state index is 6.26. The van der Waals surface area contributed by atoms with Crippen molar-refractivity contribution in [2.24, 2.45) is 5.92 Å². The minimum atomic E-state index is 0.268. The number of nitrogens with zero attached hydrogens (tertiary/aromatic N) is 5. The van der Waals surface area contributed by atoms with E-state index in [1.54, 1.807) is 19.4 Å². The highest BCUT2D eigenvalue weighted by Gasteiger charge is 2.27. The first kappa shape index (κ1) is 19.9. The van der Waals surface area contributed by atoms with Crippen molar-refractivity contribution in [2.75, 3.05) is 24.3 Å². The molecule has 0 bridgehead atoms. The van der Waals surface area contributed by atoms with Gasteiger partial charge in [0.05, 0.1) is 25.5 Å². The van der Waals surface area contributed by atoms with E-state index in [1.165, 1.54) is 17.4 Å². The third-order valence-corrected chi connectivity index (χ3v) is 5.79. The van der Waals surface area contributed by atoms with E-state index in [9.17, 15) is 0 Å². The van der Waals surface area contributed by atoms with Crippen LogP contribution in [0.15, 0.2) is 47.1 Å². The van der Waals surface area contributed by atoms with Gasteiger partial charge in [0.1, 0.15) is 17.3 Å². The van der Waals surface area contributed by atoms with Crippen LogP contribution in [0.2, 0.25) is 0 Å². The zero-order valence-electron chi connectivity index (χ0n) is 16.9. The van der Waals surface area contributed by atoms with E-state index in [4.69, 9.17) is 18.0 Å². The van der Waals surface area contributed by atoms with Crippen molar-refractivity contribution in [3.63, 3.8) is 0 Å². The summed E-state index contributed by atoms with van der Waals surface area (Å²) < 4.78 is 18.1. The number of nitrogen functional groups attached to an aromatic ring is 1. The van der Waals surface area contributed by atoms with Gasteiger partial charge in [-0.05, 0) is 43.0 Å². The summed E-state index contributed by atoms with van der Waals surface area (Å²) in [5, 5.41) is 4.43. The maximum Gasteiger partial charge on any atom is 0.225 e. The van der Waals surface area contributed by atoms with Crippen molar-refractivity contribution in [3.8, 4) is 23.1 Å². The van der Waals surface area contributed by atoms with Crippen molar-refractivity contribution in [2.45, 2.75) is 19.4 Å². The first-order valence-corrected chi connectivity index (χ1v) is 10.8. The molecule has 3 heterocycles. The molecule has 160 valence electrons. The molecule has 0 atom stereocenters. The molecule has 10 heteroatoms. The Morgan fingerprint density at radius 3 is 2.77 bits per heavy atom. The predicted molar refractivity (Wildman–Crippen MR) is 124 cm³/mol. The van der Waals surface area contributed by atoms with Gasteiger partial charge in [-0.15, -0.1) is 5.10 Å². The van der Waals surface area contributed by atoms with Gasteiger partial charge in [-0.25, -0.2) is 4.98 Å². The molecule has 4 aromatic rings. The minimum absolute atomic E-state index is 0.268. The van der Waals surface area contributed by atoms with Gasteiger partial charge in [0.15, 0.2) is 34.4 Å². The molecule has 31 heavy (non-hydrogen) atoms. The number of rotatable bonds is 8. The number of aromatic nitrogens is 4. The summed E-state index contributed by atoms with van der Waals surface area (Å²) in [5.74, 6) is 4.22. The Morgan fingerprint density at radius 1 is 1.23 bits per heavy atom. The lowest BCUT2D eigenvalue weighted by Crippen LogP contribution is -2.27. The molecule has 0 aliphatic heterocycles. The quantitative estimate of drug-likeness (QED) is 0.338. The summed E-state index contributed by atoms with van der Waals surface area (Å²) in [6.07, 6.45) is 4.01.